The van der Waals surface area contributed by atoms with E-state index in [4.69, 9.17) is 16.3 Å². The highest BCUT2D eigenvalue weighted by molar-refractivity contribution is 6.30. The van der Waals surface area contributed by atoms with E-state index in [0.717, 1.165) is 31.7 Å². The summed E-state index contributed by atoms with van der Waals surface area (Å²) in [5.74, 6) is -0.929. The van der Waals surface area contributed by atoms with Gasteiger partial charge in [-0.1, -0.05) is 56.5 Å². The summed E-state index contributed by atoms with van der Waals surface area (Å²) in [6, 6.07) is 3.99. The number of hydrogen-bond donors (Lipinski definition) is 4. The summed E-state index contributed by atoms with van der Waals surface area (Å²) in [6.45, 7) is 0.491. The summed E-state index contributed by atoms with van der Waals surface area (Å²) in [7, 11) is 0. The van der Waals surface area contributed by atoms with Gasteiger partial charge < -0.3 is 25.8 Å². The van der Waals surface area contributed by atoms with Gasteiger partial charge in [0.2, 0.25) is 5.91 Å². The third-order valence-electron chi connectivity index (χ3n) is 10.7. The molecule has 0 aromatic heterocycles. The van der Waals surface area contributed by atoms with Gasteiger partial charge in [-0.25, -0.2) is 8.78 Å². The van der Waals surface area contributed by atoms with E-state index in [1.165, 1.54) is 44.2 Å². The van der Waals surface area contributed by atoms with E-state index in [9.17, 15) is 23.5 Å². The Morgan fingerprint density at radius 1 is 1.02 bits per heavy atom. The number of amides is 2. The van der Waals surface area contributed by atoms with Crippen molar-refractivity contribution >= 4 is 23.4 Å². The number of hydrogen-bond acceptors (Lipinski definition) is 5. The van der Waals surface area contributed by atoms with E-state index in [1.54, 1.807) is 0 Å². The fourth-order valence-corrected chi connectivity index (χ4v) is 8.22. The number of ether oxygens (including phenoxy) is 1. The second kappa shape index (κ2) is 13.3. The highest BCUT2D eigenvalue weighted by Gasteiger charge is 2.58. The van der Waals surface area contributed by atoms with Crippen molar-refractivity contribution in [2.75, 3.05) is 19.7 Å². The normalized spacial score (nSPS) is 33.1. The number of aliphatic hydroxyl groups is 1. The van der Waals surface area contributed by atoms with Crippen LogP contribution in [0.1, 0.15) is 96.3 Å². The summed E-state index contributed by atoms with van der Waals surface area (Å²) in [5.41, 5.74) is -1.66. The molecule has 3 unspecified atom stereocenters. The Balaban J connectivity index is 1.16. The molecule has 234 valence electrons. The Bertz CT molecular complexity index is 1100. The van der Waals surface area contributed by atoms with Gasteiger partial charge >= 0.3 is 0 Å². The van der Waals surface area contributed by atoms with Crippen molar-refractivity contribution in [3.8, 4) is 5.75 Å². The molecule has 1 aromatic rings. The van der Waals surface area contributed by atoms with Crippen LogP contribution in [0, 0.1) is 17.2 Å². The minimum atomic E-state index is -0.923. The maximum absolute atomic E-state index is 14.6. The summed E-state index contributed by atoms with van der Waals surface area (Å²) in [4.78, 5) is 26.4. The zero-order chi connectivity index (χ0) is 29.8. The fraction of sp³-hybridized carbons (Fsp3) is 0.750. The second-order valence-electron chi connectivity index (χ2n) is 13.3. The average molecular weight is 610 g/mol. The molecule has 5 aliphatic rings. The Morgan fingerprint density at radius 3 is 2.33 bits per heavy atom. The van der Waals surface area contributed by atoms with Gasteiger partial charge in [-0.3, -0.25) is 9.59 Å². The van der Waals surface area contributed by atoms with Crippen molar-refractivity contribution in [1.82, 2.24) is 16.0 Å². The molecule has 0 radical (unpaired) electrons. The molecule has 1 heterocycles. The molecule has 4 N–H and O–H groups in total. The van der Waals surface area contributed by atoms with Gasteiger partial charge in [-0.05, 0) is 69.4 Å². The molecule has 7 nitrogen and oxygen atoms in total. The molecule has 10 heteroatoms. The van der Waals surface area contributed by atoms with Crippen LogP contribution in [0.4, 0.5) is 8.78 Å². The molecule has 2 amide bonds. The summed E-state index contributed by atoms with van der Waals surface area (Å²) in [5, 5.41) is 21.0. The lowest BCUT2D eigenvalue weighted by Gasteiger charge is -2.55. The molecule has 3 atom stereocenters. The molecule has 6 rings (SSSR count). The minimum absolute atomic E-state index is 0.0119. The van der Waals surface area contributed by atoms with E-state index >= 15 is 0 Å². The topological polar surface area (TPSA) is 99.7 Å². The predicted octanol–water partition coefficient (Wildman–Crippen LogP) is 5.37. The average Bonchev–Trinajstić information content (AvgIpc) is 2.97. The van der Waals surface area contributed by atoms with Crippen LogP contribution in [0.15, 0.2) is 18.2 Å². The van der Waals surface area contributed by atoms with E-state index in [1.807, 2.05) is 0 Å². The van der Waals surface area contributed by atoms with Gasteiger partial charge in [-0.2, -0.15) is 0 Å². The smallest absolute Gasteiger partial charge is 0.258 e. The molecule has 1 spiro atoms. The lowest BCUT2D eigenvalue weighted by Crippen LogP contribution is -2.66. The highest BCUT2D eigenvalue weighted by atomic mass is 35.5. The number of rotatable bonds is 7. The summed E-state index contributed by atoms with van der Waals surface area (Å²) >= 11 is 5.70. The van der Waals surface area contributed by atoms with Crippen LogP contribution in [-0.4, -0.2) is 60.0 Å². The molecule has 1 aliphatic heterocycles. The van der Waals surface area contributed by atoms with Gasteiger partial charge in [0.1, 0.15) is 17.7 Å². The van der Waals surface area contributed by atoms with E-state index in [-0.39, 0.29) is 47.1 Å². The first-order valence-electron chi connectivity index (χ1n) is 15.9. The minimum Gasteiger partial charge on any atom is -0.484 e. The fourth-order valence-electron chi connectivity index (χ4n) is 8.10. The lowest BCUT2D eigenvalue weighted by atomic mass is 9.55. The number of benzene rings is 1. The summed E-state index contributed by atoms with van der Waals surface area (Å²) < 4.78 is 33.8. The molecular weight excluding hydrogens is 564 g/mol. The molecule has 1 aromatic carbocycles. The standard InChI is InChI=1S/C32H46ClF2N3O4/c33-25-9-8-24(17-26(25)35)42-21-28(40)38-30-12-14-31(15-13-30,27(39)18-30)29(41)36-19-22-16-23(34)20-37-32(22)10-6-4-2-1-3-5-7-11-32/h8-9,17,22-23,27,37,39H,1-7,10-16,18-21H2,(H,36,41)(H,38,40). The molecule has 5 fully saturated rings. The Labute approximate surface area is 252 Å². The Morgan fingerprint density at radius 2 is 1.69 bits per heavy atom. The summed E-state index contributed by atoms with van der Waals surface area (Å²) in [6.07, 6.45) is 11.4. The van der Waals surface area contributed by atoms with Gasteiger partial charge in [0.15, 0.2) is 6.61 Å². The number of fused-ring (bicyclic) bond motifs is 3. The van der Waals surface area contributed by atoms with Crippen molar-refractivity contribution in [3.05, 3.63) is 29.0 Å². The van der Waals surface area contributed by atoms with Crippen LogP contribution in [0.2, 0.25) is 5.02 Å². The number of aliphatic hydroxyl groups excluding tert-OH is 1. The quantitative estimate of drug-likeness (QED) is 0.333. The largest absolute Gasteiger partial charge is 0.484 e. The van der Waals surface area contributed by atoms with Crippen LogP contribution in [-0.2, 0) is 9.59 Å². The number of piperidine rings is 1. The van der Waals surface area contributed by atoms with Gasteiger partial charge in [0.25, 0.3) is 5.91 Å². The maximum Gasteiger partial charge on any atom is 0.258 e. The second-order valence-corrected chi connectivity index (χ2v) is 13.7. The number of nitrogens with one attached hydrogen (secondary N) is 3. The first-order valence-corrected chi connectivity index (χ1v) is 16.3. The van der Waals surface area contributed by atoms with E-state index in [2.05, 4.69) is 16.0 Å². The van der Waals surface area contributed by atoms with E-state index in [0.29, 0.717) is 45.2 Å². The third-order valence-corrected chi connectivity index (χ3v) is 11.0. The Hall–Kier alpha value is -1.97. The molecule has 2 bridgehead atoms. The number of halogens is 3. The van der Waals surface area contributed by atoms with Crippen molar-refractivity contribution in [2.45, 2.75) is 120 Å². The first-order chi connectivity index (χ1) is 20.2. The van der Waals surface area contributed by atoms with Crippen LogP contribution in [0.5, 0.6) is 5.75 Å². The zero-order valence-electron chi connectivity index (χ0n) is 24.5. The number of carbonyl (C=O) groups is 2. The molecule has 4 saturated carbocycles. The van der Waals surface area contributed by atoms with Crippen molar-refractivity contribution in [2.24, 2.45) is 11.3 Å². The number of carbonyl (C=O) groups excluding carboxylic acids is 2. The van der Waals surface area contributed by atoms with Crippen LogP contribution >= 0.6 is 11.6 Å². The molecular formula is C32H46ClF2N3O4. The van der Waals surface area contributed by atoms with Gasteiger partial charge in [-0.15, -0.1) is 0 Å². The van der Waals surface area contributed by atoms with Crippen LogP contribution in [0.3, 0.4) is 0 Å². The van der Waals surface area contributed by atoms with Gasteiger partial charge in [0.05, 0.1) is 16.5 Å². The predicted molar refractivity (Wildman–Crippen MR) is 158 cm³/mol. The third kappa shape index (κ3) is 6.88. The van der Waals surface area contributed by atoms with E-state index < -0.39 is 29.0 Å². The number of alkyl halides is 1. The van der Waals surface area contributed by atoms with Crippen molar-refractivity contribution in [3.63, 3.8) is 0 Å². The van der Waals surface area contributed by atoms with Gasteiger partial charge in [0, 0.05) is 30.2 Å². The lowest BCUT2D eigenvalue weighted by molar-refractivity contribution is -0.156. The monoisotopic (exact) mass is 609 g/mol. The molecule has 4 aliphatic carbocycles. The molecule has 42 heavy (non-hydrogen) atoms. The van der Waals surface area contributed by atoms with Crippen LogP contribution < -0.4 is 20.7 Å². The molecule has 1 saturated heterocycles. The van der Waals surface area contributed by atoms with Crippen molar-refractivity contribution < 1.29 is 28.2 Å². The first kappa shape index (κ1) is 31.5. The Kier molecular flexibility index (Phi) is 10.00. The maximum atomic E-state index is 14.6. The highest BCUT2D eigenvalue weighted by Crippen LogP contribution is 2.52. The van der Waals surface area contributed by atoms with Crippen LogP contribution in [0.25, 0.3) is 0 Å². The van der Waals surface area contributed by atoms with Crippen molar-refractivity contribution in [1.29, 1.82) is 0 Å². The zero-order valence-corrected chi connectivity index (χ0v) is 25.3. The SMILES string of the molecule is O=C(COc1ccc(Cl)c(F)c1)NC12CCC(C(=O)NCC3CC(F)CNC34CCCCCCCCC4)(CC1)C(O)C2.